The fourth-order valence-electron chi connectivity index (χ4n) is 3.06. The van der Waals surface area contributed by atoms with E-state index in [1.165, 1.54) is 12.8 Å². The third kappa shape index (κ3) is 4.46. The Labute approximate surface area is 168 Å². The van der Waals surface area contributed by atoms with Gasteiger partial charge in [-0.3, -0.25) is 4.68 Å². The van der Waals surface area contributed by atoms with Gasteiger partial charge in [0.15, 0.2) is 0 Å². The third-order valence-corrected chi connectivity index (χ3v) is 5.00. The second kappa shape index (κ2) is 7.94. The number of carbonyl (C=O) groups excluding carboxylic acids is 1. The summed E-state index contributed by atoms with van der Waals surface area (Å²) in [4.78, 5) is 12.2. The molecule has 0 aliphatic heterocycles. The fourth-order valence-corrected chi connectivity index (χ4v) is 3.39. The molecular weight excluding hydrogens is 376 g/mol. The van der Waals surface area contributed by atoms with E-state index in [2.05, 4.69) is 15.7 Å². The van der Waals surface area contributed by atoms with Crippen LogP contribution in [0.25, 0.3) is 0 Å². The number of methoxy groups -OCH3 is 1. The summed E-state index contributed by atoms with van der Waals surface area (Å²) in [7, 11) is 1.64. The van der Waals surface area contributed by atoms with Crippen LogP contribution in [0.1, 0.15) is 29.9 Å². The lowest BCUT2D eigenvalue weighted by Gasteiger charge is -2.08. The highest BCUT2D eigenvalue weighted by Gasteiger charge is 2.25. The maximum atomic E-state index is 12.2. The number of aromatic nitrogens is 2. The Kier molecular flexibility index (Phi) is 5.21. The molecular formula is C21H21ClN4O2. The summed E-state index contributed by atoms with van der Waals surface area (Å²) in [5, 5.41) is 10.6. The Bertz CT molecular complexity index is 980. The molecule has 0 bridgehead atoms. The van der Waals surface area contributed by atoms with E-state index < -0.39 is 0 Å². The SMILES string of the molecule is COc1ccc(Cn2cc(NC(=O)Nc3ccc(C4CC4)c(Cl)c3)cn2)cc1. The summed E-state index contributed by atoms with van der Waals surface area (Å²) in [5.74, 6) is 1.39. The average molecular weight is 397 g/mol. The molecule has 144 valence electrons. The molecule has 7 heteroatoms. The molecule has 0 saturated heterocycles. The molecule has 1 aliphatic carbocycles. The predicted octanol–water partition coefficient (Wildman–Crippen LogP) is 5.11. The highest BCUT2D eigenvalue weighted by atomic mass is 35.5. The minimum absolute atomic E-state index is 0.334. The van der Waals surface area contributed by atoms with Crippen LogP contribution < -0.4 is 15.4 Å². The molecule has 1 aliphatic rings. The zero-order valence-corrected chi connectivity index (χ0v) is 16.2. The molecule has 1 saturated carbocycles. The number of hydrogen-bond acceptors (Lipinski definition) is 3. The van der Waals surface area contributed by atoms with Gasteiger partial charge in [0, 0.05) is 16.9 Å². The number of urea groups is 1. The lowest BCUT2D eigenvalue weighted by atomic mass is 10.1. The Morgan fingerprint density at radius 2 is 1.93 bits per heavy atom. The van der Waals surface area contributed by atoms with Crippen molar-refractivity contribution in [1.82, 2.24) is 9.78 Å². The van der Waals surface area contributed by atoms with E-state index >= 15 is 0 Å². The Morgan fingerprint density at radius 3 is 2.61 bits per heavy atom. The summed E-state index contributed by atoms with van der Waals surface area (Å²) < 4.78 is 6.92. The molecule has 4 rings (SSSR count). The lowest BCUT2D eigenvalue weighted by Crippen LogP contribution is -2.19. The van der Waals surface area contributed by atoms with E-state index in [1.54, 1.807) is 30.3 Å². The van der Waals surface area contributed by atoms with Crippen molar-refractivity contribution in [3.05, 3.63) is 71.0 Å². The van der Waals surface area contributed by atoms with E-state index in [0.29, 0.717) is 28.9 Å². The van der Waals surface area contributed by atoms with Crippen molar-refractivity contribution in [2.24, 2.45) is 0 Å². The van der Waals surface area contributed by atoms with Gasteiger partial charge >= 0.3 is 6.03 Å². The first kappa shape index (κ1) is 18.4. The van der Waals surface area contributed by atoms with Crippen molar-refractivity contribution in [3.63, 3.8) is 0 Å². The Hall–Kier alpha value is -2.99. The molecule has 0 atom stereocenters. The summed E-state index contributed by atoms with van der Waals surface area (Å²) in [6.45, 7) is 0.603. The first-order valence-corrected chi connectivity index (χ1v) is 9.51. The van der Waals surface area contributed by atoms with Gasteiger partial charge in [0.25, 0.3) is 0 Å². The summed E-state index contributed by atoms with van der Waals surface area (Å²) in [6.07, 6.45) is 5.78. The monoisotopic (exact) mass is 396 g/mol. The quantitative estimate of drug-likeness (QED) is 0.608. The lowest BCUT2D eigenvalue weighted by molar-refractivity contribution is 0.262. The molecule has 0 unspecified atom stereocenters. The number of hydrogen-bond donors (Lipinski definition) is 2. The predicted molar refractivity (Wildman–Crippen MR) is 110 cm³/mol. The molecule has 2 N–H and O–H groups in total. The zero-order chi connectivity index (χ0) is 19.5. The smallest absolute Gasteiger partial charge is 0.323 e. The summed E-state index contributed by atoms with van der Waals surface area (Å²) in [5.41, 5.74) is 3.53. The maximum Gasteiger partial charge on any atom is 0.323 e. The van der Waals surface area contributed by atoms with E-state index in [-0.39, 0.29) is 6.03 Å². The largest absolute Gasteiger partial charge is 0.497 e. The second-order valence-electron chi connectivity index (χ2n) is 6.86. The maximum absolute atomic E-state index is 12.2. The van der Waals surface area contributed by atoms with Crippen LogP contribution in [0.4, 0.5) is 16.2 Å². The third-order valence-electron chi connectivity index (χ3n) is 4.67. The first-order chi connectivity index (χ1) is 13.6. The van der Waals surface area contributed by atoms with Crippen LogP contribution in [0.5, 0.6) is 5.75 Å². The molecule has 1 heterocycles. The number of halogens is 1. The van der Waals surface area contributed by atoms with Gasteiger partial charge in [0.2, 0.25) is 0 Å². The molecule has 6 nitrogen and oxygen atoms in total. The van der Waals surface area contributed by atoms with Gasteiger partial charge in [-0.2, -0.15) is 5.10 Å². The van der Waals surface area contributed by atoms with Gasteiger partial charge < -0.3 is 15.4 Å². The number of carbonyl (C=O) groups is 1. The number of rotatable bonds is 6. The van der Waals surface area contributed by atoms with E-state index in [0.717, 1.165) is 16.9 Å². The highest BCUT2D eigenvalue weighted by Crippen LogP contribution is 2.43. The van der Waals surface area contributed by atoms with E-state index in [9.17, 15) is 4.79 Å². The Balaban J connectivity index is 1.34. The number of ether oxygens (including phenoxy) is 1. The minimum Gasteiger partial charge on any atom is -0.497 e. The first-order valence-electron chi connectivity index (χ1n) is 9.13. The van der Waals surface area contributed by atoms with E-state index in [4.69, 9.17) is 16.3 Å². The molecule has 0 spiro atoms. The highest BCUT2D eigenvalue weighted by molar-refractivity contribution is 6.31. The van der Waals surface area contributed by atoms with Crippen LogP contribution in [0.3, 0.4) is 0 Å². The number of nitrogens with zero attached hydrogens (tertiary/aromatic N) is 2. The van der Waals surface area contributed by atoms with Crippen molar-refractivity contribution < 1.29 is 9.53 Å². The van der Waals surface area contributed by atoms with Gasteiger partial charge in [0.05, 0.1) is 25.5 Å². The van der Waals surface area contributed by atoms with Crippen LogP contribution in [0, 0.1) is 0 Å². The van der Waals surface area contributed by atoms with Crippen LogP contribution in [-0.2, 0) is 6.54 Å². The Morgan fingerprint density at radius 1 is 1.18 bits per heavy atom. The van der Waals surface area contributed by atoms with Gasteiger partial charge in [0.1, 0.15) is 5.75 Å². The molecule has 2 amide bonds. The van der Waals surface area contributed by atoms with Crippen molar-refractivity contribution in [3.8, 4) is 5.75 Å². The molecule has 3 aromatic rings. The average Bonchev–Trinajstić information content (AvgIpc) is 3.43. The number of amides is 2. The van der Waals surface area contributed by atoms with Crippen LogP contribution >= 0.6 is 11.6 Å². The normalized spacial score (nSPS) is 13.2. The van der Waals surface area contributed by atoms with Gasteiger partial charge in [-0.05, 0) is 54.2 Å². The topological polar surface area (TPSA) is 68.2 Å². The molecule has 1 aromatic heterocycles. The standard InChI is InChI=1S/C21H21ClN4O2/c1-28-18-7-2-14(3-8-18)12-26-13-17(11-23-26)25-21(27)24-16-6-9-19(15-4-5-15)20(22)10-16/h2-3,6-11,13,15H,4-5,12H2,1H3,(H2,24,25,27). The van der Waals surface area contributed by atoms with Crippen LogP contribution in [0.15, 0.2) is 54.9 Å². The molecule has 1 fully saturated rings. The van der Waals surface area contributed by atoms with Gasteiger partial charge in [-0.1, -0.05) is 29.8 Å². The number of benzene rings is 2. The summed E-state index contributed by atoms with van der Waals surface area (Å²) >= 11 is 6.31. The second-order valence-corrected chi connectivity index (χ2v) is 7.27. The fraction of sp³-hybridized carbons (Fsp3) is 0.238. The van der Waals surface area contributed by atoms with Crippen molar-refractivity contribution in [2.75, 3.05) is 17.7 Å². The zero-order valence-electron chi connectivity index (χ0n) is 15.5. The van der Waals surface area contributed by atoms with Crippen LogP contribution in [0.2, 0.25) is 5.02 Å². The molecule has 2 aromatic carbocycles. The molecule has 0 radical (unpaired) electrons. The summed E-state index contributed by atoms with van der Waals surface area (Å²) in [6, 6.07) is 13.1. The van der Waals surface area contributed by atoms with E-state index in [1.807, 2.05) is 36.4 Å². The van der Waals surface area contributed by atoms with Crippen molar-refractivity contribution >= 4 is 29.0 Å². The van der Waals surface area contributed by atoms with Crippen LogP contribution in [-0.4, -0.2) is 22.9 Å². The number of nitrogens with one attached hydrogen (secondary N) is 2. The van der Waals surface area contributed by atoms with Crippen molar-refractivity contribution in [1.29, 1.82) is 0 Å². The number of anilines is 2. The van der Waals surface area contributed by atoms with Gasteiger partial charge in [-0.15, -0.1) is 0 Å². The molecule has 28 heavy (non-hydrogen) atoms. The van der Waals surface area contributed by atoms with Crippen molar-refractivity contribution in [2.45, 2.75) is 25.3 Å². The minimum atomic E-state index is -0.334. The van der Waals surface area contributed by atoms with Gasteiger partial charge in [-0.25, -0.2) is 4.79 Å².